The van der Waals surface area contributed by atoms with Crippen LogP contribution in [-0.4, -0.2) is 24.2 Å². The van der Waals surface area contributed by atoms with Crippen molar-refractivity contribution in [3.05, 3.63) is 35.4 Å². The maximum absolute atomic E-state index is 10.8. The van der Waals surface area contributed by atoms with E-state index in [4.69, 9.17) is 5.11 Å². The van der Waals surface area contributed by atoms with Crippen LogP contribution in [0.1, 0.15) is 35.7 Å². The van der Waals surface area contributed by atoms with Gasteiger partial charge >= 0.3 is 5.97 Å². The van der Waals surface area contributed by atoms with E-state index < -0.39 is 5.97 Å². The van der Waals surface area contributed by atoms with Gasteiger partial charge in [-0.3, -0.25) is 0 Å². The third-order valence-corrected chi connectivity index (χ3v) is 3.54. The number of hydrogen-bond acceptors (Lipinski definition) is 2. The summed E-state index contributed by atoms with van der Waals surface area (Å²) in [7, 11) is 0. The number of carbonyl (C=O) groups is 1. The number of benzene rings is 1. The molecule has 0 spiro atoms. The van der Waals surface area contributed by atoms with E-state index in [0.717, 1.165) is 25.9 Å². The predicted molar refractivity (Wildman–Crippen MR) is 62.9 cm³/mol. The summed E-state index contributed by atoms with van der Waals surface area (Å²) in [5, 5.41) is 12.2. The molecule has 1 aromatic carbocycles. The van der Waals surface area contributed by atoms with E-state index in [1.807, 2.05) is 12.1 Å². The normalized spacial score (nSPS) is 19.3. The summed E-state index contributed by atoms with van der Waals surface area (Å²) in [6.45, 7) is 4.33. The summed E-state index contributed by atoms with van der Waals surface area (Å²) >= 11 is 0. The van der Waals surface area contributed by atoms with Crippen molar-refractivity contribution in [2.75, 3.05) is 13.1 Å². The molecule has 86 valence electrons. The number of hydrogen-bond donors (Lipinski definition) is 2. The van der Waals surface area contributed by atoms with Crippen LogP contribution in [-0.2, 0) is 5.41 Å². The van der Waals surface area contributed by atoms with E-state index in [0.29, 0.717) is 5.56 Å². The molecule has 3 heteroatoms. The Morgan fingerprint density at radius 3 is 2.31 bits per heavy atom. The molecule has 1 heterocycles. The van der Waals surface area contributed by atoms with Crippen LogP contribution < -0.4 is 5.32 Å². The maximum atomic E-state index is 10.8. The Labute approximate surface area is 95.5 Å². The summed E-state index contributed by atoms with van der Waals surface area (Å²) < 4.78 is 0. The van der Waals surface area contributed by atoms with Crippen LogP contribution in [0.2, 0.25) is 0 Å². The molecule has 1 aromatic rings. The van der Waals surface area contributed by atoms with E-state index in [1.54, 1.807) is 12.1 Å². The van der Waals surface area contributed by atoms with Crippen molar-refractivity contribution < 1.29 is 9.90 Å². The number of carboxylic acid groups (broad SMARTS) is 1. The molecule has 1 saturated heterocycles. The molecule has 2 rings (SSSR count). The largest absolute Gasteiger partial charge is 0.478 e. The summed E-state index contributed by atoms with van der Waals surface area (Å²) in [5.74, 6) is -0.859. The molecule has 0 amide bonds. The number of carboxylic acids is 1. The molecule has 1 aliphatic rings. The number of aromatic carboxylic acids is 1. The third-order valence-electron chi connectivity index (χ3n) is 3.54. The number of nitrogens with one attached hydrogen (secondary N) is 1. The van der Waals surface area contributed by atoms with Gasteiger partial charge in [0.25, 0.3) is 0 Å². The first-order valence-corrected chi connectivity index (χ1v) is 5.66. The summed E-state index contributed by atoms with van der Waals surface area (Å²) in [5.41, 5.74) is 1.81. The lowest BCUT2D eigenvalue weighted by Crippen LogP contribution is -2.37. The molecule has 16 heavy (non-hydrogen) atoms. The quantitative estimate of drug-likeness (QED) is 0.800. The lowest BCUT2D eigenvalue weighted by atomic mass is 9.75. The van der Waals surface area contributed by atoms with Crippen molar-refractivity contribution in [2.45, 2.75) is 25.2 Å². The second kappa shape index (κ2) is 4.26. The minimum absolute atomic E-state index is 0.197. The first-order chi connectivity index (χ1) is 7.62. The van der Waals surface area contributed by atoms with E-state index in [-0.39, 0.29) is 5.41 Å². The molecular formula is C13H17NO2. The second-order valence-corrected chi connectivity index (χ2v) is 4.69. The minimum atomic E-state index is -0.859. The van der Waals surface area contributed by atoms with Crippen molar-refractivity contribution >= 4 is 5.97 Å². The molecule has 0 saturated carbocycles. The molecule has 1 fully saturated rings. The van der Waals surface area contributed by atoms with Gasteiger partial charge in [-0.25, -0.2) is 4.79 Å². The summed E-state index contributed by atoms with van der Waals surface area (Å²) in [6, 6.07) is 7.31. The number of rotatable bonds is 2. The highest BCUT2D eigenvalue weighted by Crippen LogP contribution is 2.32. The highest BCUT2D eigenvalue weighted by molar-refractivity contribution is 5.87. The van der Waals surface area contributed by atoms with Gasteiger partial charge < -0.3 is 10.4 Å². The Morgan fingerprint density at radius 1 is 1.25 bits per heavy atom. The zero-order chi connectivity index (χ0) is 11.6. The molecule has 0 bridgehead atoms. The zero-order valence-corrected chi connectivity index (χ0v) is 9.49. The molecule has 3 nitrogen and oxygen atoms in total. The standard InChI is InChI=1S/C13H17NO2/c1-13(6-8-14-9-7-13)11-4-2-10(3-5-11)12(15)16/h2-5,14H,6-9H2,1H3,(H,15,16). The SMILES string of the molecule is CC1(c2ccc(C(=O)O)cc2)CCNCC1. The lowest BCUT2D eigenvalue weighted by molar-refractivity contribution is 0.0697. The molecule has 0 radical (unpaired) electrons. The Hall–Kier alpha value is -1.35. The minimum Gasteiger partial charge on any atom is -0.478 e. The smallest absolute Gasteiger partial charge is 0.335 e. The van der Waals surface area contributed by atoms with Crippen LogP contribution in [0.3, 0.4) is 0 Å². The lowest BCUT2D eigenvalue weighted by Gasteiger charge is -2.34. The van der Waals surface area contributed by atoms with Gasteiger partial charge in [0.05, 0.1) is 5.56 Å². The average Bonchev–Trinajstić information content (AvgIpc) is 2.30. The van der Waals surface area contributed by atoms with Crippen molar-refractivity contribution in [3.8, 4) is 0 Å². The van der Waals surface area contributed by atoms with Gasteiger partial charge in [-0.1, -0.05) is 19.1 Å². The van der Waals surface area contributed by atoms with Crippen molar-refractivity contribution in [3.63, 3.8) is 0 Å². The van der Waals surface area contributed by atoms with Crippen LogP contribution in [0.5, 0.6) is 0 Å². The highest BCUT2D eigenvalue weighted by atomic mass is 16.4. The second-order valence-electron chi connectivity index (χ2n) is 4.69. The fourth-order valence-electron chi connectivity index (χ4n) is 2.28. The van der Waals surface area contributed by atoms with Gasteiger partial charge in [-0.15, -0.1) is 0 Å². The fraction of sp³-hybridized carbons (Fsp3) is 0.462. The molecule has 0 aromatic heterocycles. The monoisotopic (exact) mass is 219 g/mol. The van der Waals surface area contributed by atoms with E-state index in [9.17, 15) is 4.79 Å². The van der Waals surface area contributed by atoms with Crippen molar-refractivity contribution in [2.24, 2.45) is 0 Å². The van der Waals surface area contributed by atoms with Crippen LogP contribution >= 0.6 is 0 Å². The number of piperidine rings is 1. The summed E-state index contributed by atoms with van der Waals surface area (Å²) in [6.07, 6.45) is 2.22. The van der Waals surface area contributed by atoms with E-state index in [1.165, 1.54) is 5.56 Å². The zero-order valence-electron chi connectivity index (χ0n) is 9.49. The first kappa shape index (κ1) is 11.1. The van der Waals surface area contributed by atoms with Crippen molar-refractivity contribution in [1.29, 1.82) is 0 Å². The topological polar surface area (TPSA) is 49.3 Å². The summed E-state index contributed by atoms with van der Waals surface area (Å²) in [4.78, 5) is 10.8. The Morgan fingerprint density at radius 2 is 1.81 bits per heavy atom. The Bertz CT molecular complexity index is 377. The highest BCUT2D eigenvalue weighted by Gasteiger charge is 2.28. The predicted octanol–water partition coefficient (Wildman–Crippen LogP) is 2.03. The third kappa shape index (κ3) is 2.09. The van der Waals surface area contributed by atoms with Gasteiger partial charge in [0, 0.05) is 0 Å². The van der Waals surface area contributed by atoms with Gasteiger partial charge in [0.1, 0.15) is 0 Å². The average molecular weight is 219 g/mol. The van der Waals surface area contributed by atoms with Gasteiger partial charge in [-0.05, 0) is 49.0 Å². The molecule has 0 unspecified atom stereocenters. The Kier molecular flexibility index (Phi) is 2.97. The van der Waals surface area contributed by atoms with E-state index in [2.05, 4.69) is 12.2 Å². The van der Waals surface area contributed by atoms with Crippen LogP contribution in [0.25, 0.3) is 0 Å². The van der Waals surface area contributed by atoms with Gasteiger partial charge in [-0.2, -0.15) is 0 Å². The molecule has 0 aliphatic carbocycles. The van der Waals surface area contributed by atoms with Crippen LogP contribution in [0.4, 0.5) is 0 Å². The molecule has 2 N–H and O–H groups in total. The van der Waals surface area contributed by atoms with E-state index >= 15 is 0 Å². The van der Waals surface area contributed by atoms with Crippen LogP contribution in [0, 0.1) is 0 Å². The maximum Gasteiger partial charge on any atom is 0.335 e. The molecular weight excluding hydrogens is 202 g/mol. The molecule has 1 aliphatic heterocycles. The fourth-order valence-corrected chi connectivity index (χ4v) is 2.28. The molecule has 0 atom stereocenters. The first-order valence-electron chi connectivity index (χ1n) is 5.66. The van der Waals surface area contributed by atoms with Gasteiger partial charge in [0.2, 0.25) is 0 Å². The van der Waals surface area contributed by atoms with Crippen LogP contribution in [0.15, 0.2) is 24.3 Å². The Balaban J connectivity index is 2.23. The van der Waals surface area contributed by atoms with Gasteiger partial charge in [0.15, 0.2) is 0 Å². The van der Waals surface area contributed by atoms with Crippen molar-refractivity contribution in [1.82, 2.24) is 5.32 Å².